The zero-order valence-electron chi connectivity index (χ0n) is 14.2. The molecule has 20 heavy (non-hydrogen) atoms. The van der Waals surface area contributed by atoms with E-state index in [4.69, 9.17) is 0 Å². The summed E-state index contributed by atoms with van der Waals surface area (Å²) in [5.74, 6) is 0.862. The molecule has 2 fully saturated rings. The van der Waals surface area contributed by atoms with Gasteiger partial charge in [0.25, 0.3) is 0 Å². The Balaban J connectivity index is 1.87. The molecule has 0 amide bonds. The number of rotatable bonds is 7. The molecular formula is C18H36N2. The third kappa shape index (κ3) is 4.21. The first-order valence-corrected chi connectivity index (χ1v) is 9.12. The van der Waals surface area contributed by atoms with Crippen LogP contribution in [0.25, 0.3) is 0 Å². The lowest BCUT2D eigenvalue weighted by molar-refractivity contribution is -0.00830. The highest BCUT2D eigenvalue weighted by atomic mass is 15.2. The van der Waals surface area contributed by atoms with Crippen LogP contribution < -0.4 is 5.32 Å². The van der Waals surface area contributed by atoms with Gasteiger partial charge in [0.2, 0.25) is 0 Å². The highest BCUT2D eigenvalue weighted by molar-refractivity contribution is 4.96. The predicted octanol–water partition coefficient (Wildman–Crippen LogP) is 4.20. The molecule has 2 bridgehead atoms. The minimum Gasteiger partial charge on any atom is -0.314 e. The van der Waals surface area contributed by atoms with E-state index < -0.39 is 0 Å². The standard InChI is InChI=1S/C18H36N2/c1-5-19-16-12-17-10-7-11-18(13-16)20(17)15(4)9-6-8-14(2)3/h14-19H,5-13H2,1-4H3. The van der Waals surface area contributed by atoms with Gasteiger partial charge in [-0.15, -0.1) is 0 Å². The molecule has 3 unspecified atom stereocenters. The van der Waals surface area contributed by atoms with E-state index in [0.717, 1.165) is 36.6 Å². The smallest absolute Gasteiger partial charge is 0.0116 e. The lowest BCUT2D eigenvalue weighted by atomic mass is 9.80. The Bertz CT molecular complexity index is 263. The maximum Gasteiger partial charge on any atom is 0.0116 e. The topological polar surface area (TPSA) is 15.3 Å². The van der Waals surface area contributed by atoms with Crippen molar-refractivity contribution in [2.24, 2.45) is 5.92 Å². The Morgan fingerprint density at radius 3 is 2.25 bits per heavy atom. The quantitative estimate of drug-likeness (QED) is 0.752. The highest BCUT2D eigenvalue weighted by Crippen LogP contribution is 2.36. The summed E-state index contributed by atoms with van der Waals surface area (Å²) in [7, 11) is 0. The van der Waals surface area contributed by atoms with Crippen LogP contribution in [0.15, 0.2) is 0 Å². The molecule has 0 aromatic rings. The fraction of sp³-hybridized carbons (Fsp3) is 1.00. The maximum absolute atomic E-state index is 3.70. The Kier molecular flexibility index (Phi) is 6.35. The number of fused-ring (bicyclic) bond motifs is 2. The molecule has 2 saturated heterocycles. The van der Waals surface area contributed by atoms with Crippen LogP contribution in [0.2, 0.25) is 0 Å². The summed E-state index contributed by atoms with van der Waals surface area (Å²) in [6, 6.07) is 3.31. The first kappa shape index (κ1) is 16.3. The molecule has 2 nitrogen and oxygen atoms in total. The third-order valence-corrected chi connectivity index (χ3v) is 5.44. The SMILES string of the molecule is CCNC1CC2CCCC(C1)N2C(C)CCCC(C)C. The summed E-state index contributed by atoms with van der Waals surface area (Å²) in [6.45, 7) is 10.6. The summed E-state index contributed by atoms with van der Waals surface area (Å²) >= 11 is 0. The van der Waals surface area contributed by atoms with Gasteiger partial charge in [0.15, 0.2) is 0 Å². The molecule has 2 heteroatoms. The van der Waals surface area contributed by atoms with Gasteiger partial charge in [-0.1, -0.05) is 40.0 Å². The van der Waals surface area contributed by atoms with Gasteiger partial charge in [0, 0.05) is 24.2 Å². The van der Waals surface area contributed by atoms with E-state index in [2.05, 4.69) is 37.9 Å². The van der Waals surface area contributed by atoms with Crippen molar-refractivity contribution in [1.82, 2.24) is 10.2 Å². The van der Waals surface area contributed by atoms with Crippen LogP contribution in [-0.2, 0) is 0 Å². The summed E-state index contributed by atoms with van der Waals surface area (Å²) < 4.78 is 0. The molecule has 0 aromatic carbocycles. The van der Waals surface area contributed by atoms with Gasteiger partial charge < -0.3 is 5.32 Å². The number of nitrogens with zero attached hydrogens (tertiary/aromatic N) is 1. The van der Waals surface area contributed by atoms with Crippen LogP contribution in [0, 0.1) is 5.92 Å². The molecular weight excluding hydrogens is 244 g/mol. The number of hydrogen-bond acceptors (Lipinski definition) is 2. The van der Waals surface area contributed by atoms with Gasteiger partial charge >= 0.3 is 0 Å². The molecule has 2 heterocycles. The zero-order valence-corrected chi connectivity index (χ0v) is 14.2. The van der Waals surface area contributed by atoms with Crippen molar-refractivity contribution in [3.8, 4) is 0 Å². The van der Waals surface area contributed by atoms with Crippen LogP contribution in [0.1, 0.15) is 79.1 Å². The molecule has 0 saturated carbocycles. The molecule has 1 N–H and O–H groups in total. The van der Waals surface area contributed by atoms with Crippen LogP contribution in [0.5, 0.6) is 0 Å². The molecule has 2 aliphatic heterocycles. The predicted molar refractivity (Wildman–Crippen MR) is 88.1 cm³/mol. The summed E-state index contributed by atoms with van der Waals surface area (Å²) in [5.41, 5.74) is 0. The highest BCUT2D eigenvalue weighted by Gasteiger charge is 2.39. The van der Waals surface area contributed by atoms with Crippen molar-refractivity contribution in [2.45, 2.75) is 103 Å². The first-order chi connectivity index (χ1) is 9.61. The van der Waals surface area contributed by atoms with Crippen LogP contribution in [-0.4, -0.2) is 35.6 Å². The van der Waals surface area contributed by atoms with E-state index in [-0.39, 0.29) is 0 Å². The second kappa shape index (κ2) is 7.79. The molecule has 0 aromatic heterocycles. The van der Waals surface area contributed by atoms with Crippen LogP contribution >= 0.6 is 0 Å². The fourth-order valence-electron chi connectivity index (χ4n) is 4.56. The van der Waals surface area contributed by atoms with Gasteiger partial charge in [-0.3, -0.25) is 4.90 Å². The van der Waals surface area contributed by atoms with Crippen molar-refractivity contribution < 1.29 is 0 Å². The monoisotopic (exact) mass is 280 g/mol. The van der Waals surface area contributed by atoms with Crippen molar-refractivity contribution in [1.29, 1.82) is 0 Å². The van der Waals surface area contributed by atoms with E-state index in [0.29, 0.717) is 0 Å². The fourth-order valence-corrected chi connectivity index (χ4v) is 4.56. The molecule has 0 aliphatic carbocycles. The Labute approximate surface area is 126 Å². The lowest BCUT2D eigenvalue weighted by Gasteiger charge is -2.52. The van der Waals surface area contributed by atoms with Gasteiger partial charge in [-0.25, -0.2) is 0 Å². The van der Waals surface area contributed by atoms with Crippen molar-refractivity contribution >= 4 is 0 Å². The Morgan fingerprint density at radius 1 is 1.05 bits per heavy atom. The maximum atomic E-state index is 3.70. The number of nitrogens with one attached hydrogen (secondary N) is 1. The largest absolute Gasteiger partial charge is 0.314 e. The van der Waals surface area contributed by atoms with Crippen LogP contribution in [0.4, 0.5) is 0 Å². The minimum absolute atomic E-state index is 0.786. The number of hydrogen-bond donors (Lipinski definition) is 1. The molecule has 0 radical (unpaired) electrons. The minimum atomic E-state index is 0.786. The van der Waals surface area contributed by atoms with Crippen molar-refractivity contribution in [2.75, 3.05) is 6.54 Å². The van der Waals surface area contributed by atoms with E-state index in [1.54, 1.807) is 0 Å². The second-order valence-corrected chi connectivity index (χ2v) is 7.59. The Hall–Kier alpha value is -0.0800. The molecule has 2 rings (SSSR count). The lowest BCUT2D eigenvalue weighted by Crippen LogP contribution is -2.58. The Morgan fingerprint density at radius 2 is 1.70 bits per heavy atom. The van der Waals surface area contributed by atoms with Gasteiger partial charge in [0.05, 0.1) is 0 Å². The van der Waals surface area contributed by atoms with E-state index in [1.807, 2.05) is 0 Å². The first-order valence-electron chi connectivity index (χ1n) is 9.12. The normalized spacial score (nSPS) is 32.5. The van der Waals surface area contributed by atoms with Gasteiger partial charge in [-0.2, -0.15) is 0 Å². The molecule has 0 spiro atoms. The zero-order chi connectivity index (χ0) is 14.5. The van der Waals surface area contributed by atoms with E-state index >= 15 is 0 Å². The third-order valence-electron chi connectivity index (χ3n) is 5.44. The number of piperidine rings is 2. The summed E-state index contributed by atoms with van der Waals surface area (Å²) in [5, 5.41) is 3.70. The van der Waals surface area contributed by atoms with Crippen molar-refractivity contribution in [3.63, 3.8) is 0 Å². The average molecular weight is 280 g/mol. The van der Waals surface area contributed by atoms with Gasteiger partial charge in [0.1, 0.15) is 0 Å². The van der Waals surface area contributed by atoms with Gasteiger partial charge in [-0.05, 0) is 51.5 Å². The van der Waals surface area contributed by atoms with Crippen molar-refractivity contribution in [3.05, 3.63) is 0 Å². The molecule has 3 atom stereocenters. The molecule has 118 valence electrons. The molecule has 2 aliphatic rings. The average Bonchev–Trinajstić information content (AvgIpc) is 2.37. The van der Waals surface area contributed by atoms with E-state index in [1.165, 1.54) is 51.4 Å². The van der Waals surface area contributed by atoms with E-state index in [9.17, 15) is 0 Å². The second-order valence-electron chi connectivity index (χ2n) is 7.59. The summed E-state index contributed by atoms with van der Waals surface area (Å²) in [6.07, 6.45) is 11.3. The van der Waals surface area contributed by atoms with Crippen LogP contribution in [0.3, 0.4) is 0 Å². The summed E-state index contributed by atoms with van der Waals surface area (Å²) in [4.78, 5) is 2.91.